The summed E-state index contributed by atoms with van der Waals surface area (Å²) in [5, 5.41) is 3.29. The van der Waals surface area contributed by atoms with E-state index in [0.717, 1.165) is 26.1 Å². The lowest BCUT2D eigenvalue weighted by atomic mass is 10.1. The minimum absolute atomic E-state index is 0.108. The number of hydrogen-bond acceptors (Lipinski definition) is 3. The minimum atomic E-state index is -0.309. The Morgan fingerprint density at radius 3 is 2.64 bits per heavy atom. The van der Waals surface area contributed by atoms with Gasteiger partial charge in [0.15, 0.2) is 9.76 Å². The summed E-state index contributed by atoms with van der Waals surface area (Å²) in [7, 11) is -0.309. The Hall–Kier alpha value is 0.0969. The molecular weight excluding hydrogens is 192 g/mol. The van der Waals surface area contributed by atoms with Gasteiger partial charge in [-0.05, 0) is 39.3 Å². The molecule has 0 aliphatic carbocycles. The normalized spacial score (nSPS) is 12.9. The first-order chi connectivity index (χ1) is 6.62. The van der Waals surface area contributed by atoms with Gasteiger partial charge < -0.3 is 15.5 Å². The van der Waals surface area contributed by atoms with Crippen LogP contribution in [0.2, 0.25) is 6.04 Å². The van der Waals surface area contributed by atoms with E-state index >= 15 is 0 Å². The van der Waals surface area contributed by atoms with Crippen LogP contribution in [-0.2, 0) is 4.43 Å². The van der Waals surface area contributed by atoms with Gasteiger partial charge in [0.25, 0.3) is 0 Å². The van der Waals surface area contributed by atoms with E-state index < -0.39 is 0 Å². The predicted octanol–water partition coefficient (Wildman–Crippen LogP) is 0.632. The van der Waals surface area contributed by atoms with Gasteiger partial charge in [0, 0.05) is 18.7 Å². The third-order valence-corrected chi connectivity index (χ3v) is 4.19. The summed E-state index contributed by atoms with van der Waals surface area (Å²) in [6.45, 7) is 9.27. The van der Waals surface area contributed by atoms with Crippen LogP contribution >= 0.6 is 0 Å². The van der Waals surface area contributed by atoms with Crippen LogP contribution in [0.15, 0.2) is 0 Å². The average molecular weight is 218 g/mol. The van der Waals surface area contributed by atoms with Crippen LogP contribution < -0.4 is 11.1 Å². The summed E-state index contributed by atoms with van der Waals surface area (Å²) in [5.74, 6) is 0. The second kappa shape index (κ2) is 8.41. The van der Waals surface area contributed by atoms with Crippen LogP contribution in [0.1, 0.15) is 33.6 Å². The Balaban J connectivity index is 3.13. The molecular formula is C10H26N2OSi. The lowest BCUT2D eigenvalue weighted by molar-refractivity contribution is 0.111. The molecule has 0 rings (SSSR count). The minimum Gasteiger partial charge on any atom is -0.419 e. The summed E-state index contributed by atoms with van der Waals surface area (Å²) < 4.78 is 5.87. The topological polar surface area (TPSA) is 47.3 Å². The zero-order valence-corrected chi connectivity index (χ0v) is 11.3. The van der Waals surface area contributed by atoms with E-state index in [9.17, 15) is 0 Å². The molecule has 3 N–H and O–H groups in total. The maximum absolute atomic E-state index is 5.87. The van der Waals surface area contributed by atoms with E-state index in [0.29, 0.717) is 0 Å². The first kappa shape index (κ1) is 14.1. The standard InChI is InChI=1S/C10H26N2OSi/c1-4-10(2,3)13-14-9-5-7-12-8-6-11/h12H,4-9,11,14H2,1-3H3. The fourth-order valence-electron chi connectivity index (χ4n) is 1.03. The van der Waals surface area contributed by atoms with Gasteiger partial charge in [0.1, 0.15) is 0 Å². The molecule has 0 spiro atoms. The molecule has 0 bridgehead atoms. The summed E-state index contributed by atoms with van der Waals surface area (Å²) in [6, 6.07) is 1.26. The molecule has 3 nitrogen and oxygen atoms in total. The number of hydrogen-bond donors (Lipinski definition) is 2. The van der Waals surface area contributed by atoms with Crippen LogP contribution in [-0.4, -0.2) is 35.0 Å². The first-order valence-corrected chi connectivity index (χ1v) is 7.25. The van der Waals surface area contributed by atoms with Crippen molar-refractivity contribution in [3.05, 3.63) is 0 Å². The molecule has 0 aromatic heterocycles. The number of nitrogens with one attached hydrogen (secondary N) is 1. The van der Waals surface area contributed by atoms with Crippen molar-refractivity contribution in [1.82, 2.24) is 5.32 Å². The van der Waals surface area contributed by atoms with E-state index in [1.807, 2.05) is 0 Å². The van der Waals surface area contributed by atoms with Crippen LogP contribution in [0.5, 0.6) is 0 Å². The van der Waals surface area contributed by atoms with Crippen molar-refractivity contribution >= 4 is 9.76 Å². The monoisotopic (exact) mass is 218 g/mol. The van der Waals surface area contributed by atoms with Crippen LogP contribution in [0.3, 0.4) is 0 Å². The Bertz CT molecular complexity index is 131. The van der Waals surface area contributed by atoms with E-state index in [-0.39, 0.29) is 15.4 Å². The molecule has 0 amide bonds. The molecule has 0 saturated carbocycles. The van der Waals surface area contributed by atoms with Gasteiger partial charge in [0.2, 0.25) is 0 Å². The molecule has 14 heavy (non-hydrogen) atoms. The third-order valence-electron chi connectivity index (χ3n) is 2.41. The maximum Gasteiger partial charge on any atom is 0.162 e. The molecule has 0 heterocycles. The van der Waals surface area contributed by atoms with Crippen molar-refractivity contribution < 1.29 is 4.43 Å². The highest BCUT2D eigenvalue weighted by atomic mass is 28.2. The first-order valence-electron chi connectivity index (χ1n) is 5.67. The zero-order valence-electron chi connectivity index (χ0n) is 9.94. The van der Waals surface area contributed by atoms with Crippen LogP contribution in [0, 0.1) is 0 Å². The largest absolute Gasteiger partial charge is 0.419 e. The summed E-state index contributed by atoms with van der Waals surface area (Å²) in [4.78, 5) is 0. The average Bonchev–Trinajstić information content (AvgIpc) is 2.16. The molecule has 0 fully saturated rings. The van der Waals surface area contributed by atoms with Gasteiger partial charge in [-0.25, -0.2) is 0 Å². The van der Waals surface area contributed by atoms with Crippen molar-refractivity contribution in [3.8, 4) is 0 Å². The fourth-order valence-corrected chi connectivity index (χ4v) is 2.38. The Morgan fingerprint density at radius 1 is 1.36 bits per heavy atom. The van der Waals surface area contributed by atoms with Gasteiger partial charge >= 0.3 is 0 Å². The predicted molar refractivity (Wildman–Crippen MR) is 65.3 cm³/mol. The molecule has 4 heteroatoms. The highest BCUT2D eigenvalue weighted by Crippen LogP contribution is 2.12. The van der Waals surface area contributed by atoms with Crippen molar-refractivity contribution in [2.75, 3.05) is 19.6 Å². The smallest absolute Gasteiger partial charge is 0.162 e. The lowest BCUT2D eigenvalue weighted by Crippen LogP contribution is -2.26. The summed E-state index contributed by atoms with van der Waals surface area (Å²) >= 11 is 0. The number of nitrogens with two attached hydrogens (primary N) is 1. The quantitative estimate of drug-likeness (QED) is 0.441. The van der Waals surface area contributed by atoms with Crippen molar-refractivity contribution in [2.45, 2.75) is 45.3 Å². The summed E-state index contributed by atoms with van der Waals surface area (Å²) in [5.41, 5.74) is 5.47. The van der Waals surface area contributed by atoms with E-state index in [2.05, 4.69) is 26.1 Å². The second-order valence-electron chi connectivity index (χ2n) is 4.21. The third kappa shape index (κ3) is 8.68. The Morgan fingerprint density at radius 2 is 2.07 bits per heavy atom. The lowest BCUT2D eigenvalue weighted by Gasteiger charge is -2.23. The van der Waals surface area contributed by atoms with Gasteiger partial charge in [-0.2, -0.15) is 0 Å². The molecule has 86 valence electrons. The SMILES string of the molecule is CCC(C)(C)O[SiH2]CCCNCCN. The van der Waals surface area contributed by atoms with Gasteiger partial charge in [-0.15, -0.1) is 0 Å². The van der Waals surface area contributed by atoms with Crippen molar-refractivity contribution in [1.29, 1.82) is 0 Å². The zero-order chi connectivity index (χ0) is 10.9. The molecule has 0 aromatic rings. The molecule has 0 radical (unpaired) electrons. The molecule has 0 unspecified atom stereocenters. The molecule has 0 atom stereocenters. The maximum atomic E-state index is 5.87. The van der Waals surface area contributed by atoms with E-state index in [4.69, 9.17) is 10.2 Å². The van der Waals surface area contributed by atoms with E-state index in [1.165, 1.54) is 12.5 Å². The number of rotatable bonds is 9. The molecule has 0 aliphatic rings. The van der Waals surface area contributed by atoms with Crippen LogP contribution in [0.4, 0.5) is 0 Å². The Kier molecular flexibility index (Phi) is 8.47. The van der Waals surface area contributed by atoms with E-state index in [1.54, 1.807) is 0 Å². The molecule has 0 saturated heterocycles. The van der Waals surface area contributed by atoms with Gasteiger partial charge in [0.05, 0.1) is 0 Å². The fraction of sp³-hybridized carbons (Fsp3) is 1.00. The van der Waals surface area contributed by atoms with Crippen molar-refractivity contribution in [2.24, 2.45) is 5.73 Å². The second-order valence-corrected chi connectivity index (χ2v) is 5.61. The van der Waals surface area contributed by atoms with Crippen molar-refractivity contribution in [3.63, 3.8) is 0 Å². The van der Waals surface area contributed by atoms with Gasteiger partial charge in [-0.1, -0.05) is 6.92 Å². The highest BCUT2D eigenvalue weighted by Gasteiger charge is 2.13. The molecule has 0 aromatic carbocycles. The van der Waals surface area contributed by atoms with Crippen LogP contribution in [0.25, 0.3) is 0 Å². The summed E-state index contributed by atoms with van der Waals surface area (Å²) in [6.07, 6.45) is 2.33. The highest BCUT2D eigenvalue weighted by molar-refractivity contribution is 6.27. The Labute approximate surface area is 90.7 Å². The molecule has 0 aliphatic heterocycles. The van der Waals surface area contributed by atoms with Gasteiger partial charge in [-0.3, -0.25) is 0 Å².